The quantitative estimate of drug-likeness (QED) is 0.767. The summed E-state index contributed by atoms with van der Waals surface area (Å²) >= 11 is 15.0. The molecule has 118 valence electrons. The second kappa shape index (κ2) is 6.62. The number of anilines is 1. The van der Waals surface area contributed by atoms with Gasteiger partial charge in [-0.3, -0.25) is 4.72 Å². The van der Waals surface area contributed by atoms with Crippen molar-refractivity contribution in [2.45, 2.75) is 4.90 Å². The van der Waals surface area contributed by atoms with Gasteiger partial charge in [-0.2, -0.15) is 0 Å². The molecule has 2 aromatic rings. The summed E-state index contributed by atoms with van der Waals surface area (Å²) in [7, 11) is -2.73. The van der Waals surface area contributed by atoms with E-state index < -0.39 is 15.8 Å². The van der Waals surface area contributed by atoms with Gasteiger partial charge in [-0.1, -0.05) is 39.1 Å². The van der Waals surface area contributed by atoms with Gasteiger partial charge in [0.25, 0.3) is 10.0 Å². The monoisotopic (exact) mass is 427 g/mol. The lowest BCUT2D eigenvalue weighted by atomic mass is 10.3. The van der Waals surface area contributed by atoms with Crippen LogP contribution in [0.1, 0.15) is 0 Å². The Morgan fingerprint density at radius 3 is 2.45 bits per heavy atom. The van der Waals surface area contributed by atoms with Gasteiger partial charge < -0.3 is 4.74 Å². The van der Waals surface area contributed by atoms with Gasteiger partial charge in [0.15, 0.2) is 0 Å². The molecule has 0 spiro atoms. The highest BCUT2D eigenvalue weighted by atomic mass is 79.9. The molecule has 0 aliphatic heterocycles. The van der Waals surface area contributed by atoms with Crippen molar-refractivity contribution in [3.05, 3.63) is 50.7 Å². The SMILES string of the molecule is COc1ccc(S(=O)(=O)Nc2ccc(Br)cc2F)c(Cl)c1Cl. The van der Waals surface area contributed by atoms with E-state index in [1.165, 1.54) is 31.4 Å². The van der Waals surface area contributed by atoms with Crippen LogP contribution >= 0.6 is 39.1 Å². The first kappa shape index (κ1) is 17.3. The Morgan fingerprint density at radius 1 is 1.18 bits per heavy atom. The van der Waals surface area contributed by atoms with Crippen molar-refractivity contribution >= 4 is 54.8 Å². The largest absolute Gasteiger partial charge is 0.495 e. The molecule has 9 heteroatoms. The van der Waals surface area contributed by atoms with E-state index in [0.717, 1.165) is 6.07 Å². The molecule has 0 atom stereocenters. The zero-order chi connectivity index (χ0) is 16.5. The normalized spacial score (nSPS) is 11.3. The zero-order valence-electron chi connectivity index (χ0n) is 11.0. The first-order valence-electron chi connectivity index (χ1n) is 5.76. The predicted octanol–water partition coefficient (Wildman–Crippen LogP) is 4.70. The molecule has 0 aromatic heterocycles. The van der Waals surface area contributed by atoms with Gasteiger partial charge in [0, 0.05) is 4.47 Å². The smallest absolute Gasteiger partial charge is 0.263 e. The van der Waals surface area contributed by atoms with Gasteiger partial charge in [-0.15, -0.1) is 0 Å². The second-order valence-corrected chi connectivity index (χ2v) is 7.45. The average molecular weight is 429 g/mol. The number of halogens is 4. The molecule has 2 aromatic carbocycles. The van der Waals surface area contributed by atoms with Gasteiger partial charge in [0.05, 0.1) is 17.8 Å². The molecular weight excluding hydrogens is 420 g/mol. The molecule has 0 bridgehead atoms. The summed E-state index contributed by atoms with van der Waals surface area (Å²) in [6, 6.07) is 6.52. The van der Waals surface area contributed by atoms with E-state index in [1.54, 1.807) is 0 Å². The molecule has 0 aliphatic rings. The Kier molecular flexibility index (Phi) is 5.21. The van der Waals surface area contributed by atoms with E-state index in [0.29, 0.717) is 4.47 Å². The lowest BCUT2D eigenvalue weighted by Crippen LogP contribution is -2.14. The standard InChI is InChI=1S/C13H9BrCl2FNO3S/c1-21-10-4-5-11(13(16)12(10)15)22(19,20)18-9-3-2-7(14)6-8(9)17/h2-6,18H,1H3. The molecule has 0 fully saturated rings. The third-order valence-electron chi connectivity index (χ3n) is 2.70. The predicted molar refractivity (Wildman–Crippen MR) is 87.9 cm³/mol. The van der Waals surface area contributed by atoms with E-state index >= 15 is 0 Å². The number of benzene rings is 2. The van der Waals surface area contributed by atoms with Crippen molar-refractivity contribution in [2.24, 2.45) is 0 Å². The molecule has 0 saturated carbocycles. The fourth-order valence-electron chi connectivity index (χ4n) is 1.65. The molecule has 0 unspecified atom stereocenters. The summed E-state index contributed by atoms with van der Waals surface area (Å²) in [5.74, 6) is -0.492. The van der Waals surface area contributed by atoms with Crippen LogP contribution in [-0.4, -0.2) is 15.5 Å². The first-order chi connectivity index (χ1) is 10.3. The summed E-state index contributed by atoms with van der Waals surface area (Å²) in [5.41, 5.74) is -0.203. The van der Waals surface area contributed by atoms with Crippen LogP contribution in [0.25, 0.3) is 0 Å². The summed E-state index contributed by atoms with van der Waals surface area (Å²) < 4.78 is 46.0. The molecule has 4 nitrogen and oxygen atoms in total. The van der Waals surface area contributed by atoms with Gasteiger partial charge in [-0.05, 0) is 30.3 Å². The summed E-state index contributed by atoms with van der Waals surface area (Å²) in [5, 5.41) is -0.241. The minimum Gasteiger partial charge on any atom is -0.495 e. The van der Waals surface area contributed by atoms with Gasteiger partial charge >= 0.3 is 0 Å². The maximum atomic E-state index is 13.8. The Bertz CT molecular complexity index is 830. The topological polar surface area (TPSA) is 55.4 Å². The van der Waals surface area contributed by atoms with Crippen LogP contribution < -0.4 is 9.46 Å². The highest BCUT2D eigenvalue weighted by Gasteiger charge is 2.23. The molecule has 0 heterocycles. The summed E-state index contributed by atoms with van der Waals surface area (Å²) in [4.78, 5) is -0.276. The molecule has 22 heavy (non-hydrogen) atoms. The van der Waals surface area contributed by atoms with Crippen molar-refractivity contribution in [1.29, 1.82) is 0 Å². The number of hydrogen-bond acceptors (Lipinski definition) is 3. The molecule has 0 saturated heterocycles. The van der Waals surface area contributed by atoms with E-state index in [9.17, 15) is 12.8 Å². The maximum absolute atomic E-state index is 13.8. The van der Waals surface area contributed by atoms with Crippen LogP contribution in [0.2, 0.25) is 10.0 Å². The van der Waals surface area contributed by atoms with E-state index in [2.05, 4.69) is 20.7 Å². The highest BCUT2D eigenvalue weighted by Crippen LogP contribution is 2.37. The molecule has 0 radical (unpaired) electrons. The molecule has 2 rings (SSSR count). The Balaban J connectivity index is 2.45. The van der Waals surface area contributed by atoms with Crippen LogP contribution in [0.3, 0.4) is 0 Å². The lowest BCUT2D eigenvalue weighted by Gasteiger charge is -2.12. The van der Waals surface area contributed by atoms with Gasteiger partial charge in [0.2, 0.25) is 0 Å². The lowest BCUT2D eigenvalue weighted by molar-refractivity contribution is 0.414. The van der Waals surface area contributed by atoms with Crippen LogP contribution in [0.15, 0.2) is 39.7 Å². The van der Waals surface area contributed by atoms with Crippen LogP contribution in [0.5, 0.6) is 5.75 Å². The maximum Gasteiger partial charge on any atom is 0.263 e. The van der Waals surface area contributed by atoms with Gasteiger partial charge in [0.1, 0.15) is 21.5 Å². The fourth-order valence-corrected chi connectivity index (χ4v) is 3.89. The molecular formula is C13H9BrCl2FNO3S. The summed E-state index contributed by atoms with van der Waals surface area (Å²) in [6.45, 7) is 0. The molecule has 0 aliphatic carbocycles. The first-order valence-corrected chi connectivity index (χ1v) is 8.79. The van der Waals surface area contributed by atoms with Crippen molar-refractivity contribution < 1.29 is 17.5 Å². The zero-order valence-corrected chi connectivity index (χ0v) is 14.9. The second-order valence-electron chi connectivity index (χ2n) is 4.12. The van der Waals surface area contributed by atoms with Crippen LogP contribution in [0, 0.1) is 5.82 Å². The Hall–Kier alpha value is -1.02. The number of hydrogen-bond donors (Lipinski definition) is 1. The number of nitrogens with one attached hydrogen (secondary N) is 1. The van der Waals surface area contributed by atoms with Crippen molar-refractivity contribution in [1.82, 2.24) is 0 Å². The molecule has 1 N–H and O–H groups in total. The number of methoxy groups -OCH3 is 1. The van der Waals surface area contributed by atoms with Crippen molar-refractivity contribution in [3.63, 3.8) is 0 Å². The number of sulfonamides is 1. The minimum atomic E-state index is -4.10. The van der Waals surface area contributed by atoms with E-state index in [1.807, 2.05) is 0 Å². The number of ether oxygens (including phenoxy) is 1. The number of rotatable bonds is 4. The third-order valence-corrected chi connectivity index (χ3v) is 5.57. The Morgan fingerprint density at radius 2 is 1.86 bits per heavy atom. The van der Waals surface area contributed by atoms with Crippen molar-refractivity contribution in [3.8, 4) is 5.75 Å². The van der Waals surface area contributed by atoms with Crippen LogP contribution in [-0.2, 0) is 10.0 Å². The van der Waals surface area contributed by atoms with Gasteiger partial charge in [-0.25, -0.2) is 12.8 Å². The fraction of sp³-hybridized carbons (Fsp3) is 0.0769. The van der Waals surface area contributed by atoms with Crippen LogP contribution in [0.4, 0.5) is 10.1 Å². The summed E-state index contributed by atoms with van der Waals surface area (Å²) in [6.07, 6.45) is 0. The average Bonchev–Trinajstić information content (AvgIpc) is 2.44. The Labute approximate surface area is 145 Å². The van der Waals surface area contributed by atoms with E-state index in [4.69, 9.17) is 27.9 Å². The van der Waals surface area contributed by atoms with E-state index in [-0.39, 0.29) is 26.4 Å². The molecule has 0 amide bonds. The highest BCUT2D eigenvalue weighted by molar-refractivity contribution is 9.10. The third kappa shape index (κ3) is 3.48. The van der Waals surface area contributed by atoms with Crippen molar-refractivity contribution in [2.75, 3.05) is 11.8 Å². The minimum absolute atomic E-state index is 0.0386.